The Morgan fingerprint density at radius 1 is 0.947 bits per heavy atom. The highest BCUT2D eigenvalue weighted by Crippen LogP contribution is 2.26. The molecule has 202 valence electrons. The molecule has 38 heavy (non-hydrogen) atoms. The number of nitrogens with zero attached hydrogens (tertiary/aromatic N) is 1. The number of nitrogens with one attached hydrogen (secondary N) is 1. The first kappa shape index (κ1) is 30.3. The quantitative estimate of drug-likeness (QED) is 0.235. The summed E-state index contributed by atoms with van der Waals surface area (Å²) in [6, 6.07) is 18.4. The Hall–Kier alpha value is -2.25. The van der Waals surface area contributed by atoms with Gasteiger partial charge in [-0.25, -0.2) is 4.39 Å². The van der Waals surface area contributed by atoms with Gasteiger partial charge >= 0.3 is 0 Å². The lowest BCUT2D eigenvalue weighted by Crippen LogP contribution is -2.52. The minimum Gasteiger partial charge on any atom is -0.352 e. The van der Waals surface area contributed by atoms with E-state index in [0.29, 0.717) is 27.1 Å². The van der Waals surface area contributed by atoms with Gasteiger partial charge in [0.05, 0.1) is 15.8 Å². The van der Waals surface area contributed by atoms with Gasteiger partial charge in [-0.2, -0.15) is 0 Å². The summed E-state index contributed by atoms with van der Waals surface area (Å²) < 4.78 is 14.3. The van der Waals surface area contributed by atoms with Crippen molar-refractivity contribution < 1.29 is 14.0 Å². The molecule has 0 aliphatic heterocycles. The topological polar surface area (TPSA) is 49.4 Å². The molecular formula is C29H30Cl3FN2O2S. The summed E-state index contributed by atoms with van der Waals surface area (Å²) in [5.41, 5.74) is 2.01. The minimum atomic E-state index is -0.772. The van der Waals surface area contributed by atoms with Crippen LogP contribution in [0, 0.1) is 5.82 Å². The number of amides is 2. The number of thioether (sulfide) groups is 1. The van der Waals surface area contributed by atoms with E-state index in [1.165, 1.54) is 17.8 Å². The number of halogens is 4. The second-order valence-electron chi connectivity index (χ2n) is 8.99. The van der Waals surface area contributed by atoms with Crippen LogP contribution in [0.4, 0.5) is 4.39 Å². The van der Waals surface area contributed by atoms with Crippen LogP contribution in [-0.4, -0.2) is 34.6 Å². The summed E-state index contributed by atoms with van der Waals surface area (Å²) in [6.07, 6.45) is 1.09. The molecule has 3 aromatic rings. The fraction of sp³-hybridized carbons (Fsp3) is 0.310. The van der Waals surface area contributed by atoms with Gasteiger partial charge in [-0.15, -0.1) is 11.8 Å². The highest BCUT2D eigenvalue weighted by Gasteiger charge is 2.31. The molecule has 0 saturated heterocycles. The third-order valence-corrected chi connectivity index (χ3v) is 8.18. The molecule has 0 heterocycles. The second kappa shape index (κ2) is 14.8. The van der Waals surface area contributed by atoms with Crippen LogP contribution in [0.5, 0.6) is 0 Å². The van der Waals surface area contributed by atoms with Gasteiger partial charge in [0.25, 0.3) is 0 Å². The summed E-state index contributed by atoms with van der Waals surface area (Å²) in [7, 11) is 0. The van der Waals surface area contributed by atoms with Gasteiger partial charge in [-0.1, -0.05) is 84.2 Å². The zero-order chi connectivity index (χ0) is 27.7. The van der Waals surface area contributed by atoms with Crippen LogP contribution in [0.2, 0.25) is 15.1 Å². The predicted molar refractivity (Wildman–Crippen MR) is 156 cm³/mol. The predicted octanol–water partition coefficient (Wildman–Crippen LogP) is 7.57. The Morgan fingerprint density at radius 3 is 2.34 bits per heavy atom. The van der Waals surface area contributed by atoms with E-state index >= 15 is 0 Å². The van der Waals surface area contributed by atoms with Crippen LogP contribution in [0.15, 0.2) is 66.7 Å². The van der Waals surface area contributed by atoms with E-state index in [2.05, 4.69) is 5.32 Å². The van der Waals surface area contributed by atoms with E-state index < -0.39 is 11.9 Å². The maximum atomic E-state index is 14.3. The molecular weight excluding hydrogens is 566 g/mol. The summed E-state index contributed by atoms with van der Waals surface area (Å²) >= 11 is 19.8. The molecule has 0 fully saturated rings. The SMILES string of the molecule is CC[C@@H](C)NC(=O)[C@H](Cc1ccccc1)N(Cc1ccc(Cl)c(Cl)c1)C(=O)CSCc1c(F)cccc1Cl. The van der Waals surface area contributed by atoms with Crippen LogP contribution < -0.4 is 5.32 Å². The summed E-state index contributed by atoms with van der Waals surface area (Å²) in [4.78, 5) is 28.8. The molecule has 4 nitrogen and oxygen atoms in total. The Labute approximate surface area is 242 Å². The van der Waals surface area contributed by atoms with E-state index in [1.54, 1.807) is 35.2 Å². The smallest absolute Gasteiger partial charge is 0.243 e. The zero-order valence-electron chi connectivity index (χ0n) is 21.2. The average Bonchev–Trinajstić information content (AvgIpc) is 2.90. The molecule has 0 saturated carbocycles. The zero-order valence-corrected chi connectivity index (χ0v) is 24.3. The van der Waals surface area contributed by atoms with Crippen LogP contribution in [0.1, 0.15) is 37.0 Å². The van der Waals surface area contributed by atoms with Gasteiger partial charge in [0, 0.05) is 35.3 Å². The molecule has 9 heteroatoms. The van der Waals surface area contributed by atoms with Crippen LogP contribution in [0.3, 0.4) is 0 Å². The number of benzene rings is 3. The standard InChI is InChI=1S/C29H30Cl3FN2O2S/c1-3-19(2)34-29(37)27(15-20-8-5-4-6-9-20)35(16-21-12-13-24(31)25(32)14-21)28(36)18-38-17-22-23(30)10-7-11-26(22)33/h4-14,19,27H,3,15-18H2,1-2H3,(H,34,37)/t19-,27+/m1/s1. The van der Waals surface area contributed by atoms with Crippen molar-refractivity contribution in [2.75, 3.05) is 5.75 Å². The van der Waals surface area contributed by atoms with E-state index in [0.717, 1.165) is 17.5 Å². The molecule has 0 aliphatic rings. The number of carbonyl (C=O) groups excluding carboxylic acids is 2. The molecule has 0 radical (unpaired) electrons. The van der Waals surface area contributed by atoms with Crippen LogP contribution in [-0.2, 0) is 28.3 Å². The Balaban J connectivity index is 1.90. The van der Waals surface area contributed by atoms with Crippen molar-refractivity contribution in [3.63, 3.8) is 0 Å². The Bertz CT molecular complexity index is 1230. The van der Waals surface area contributed by atoms with Gasteiger partial charge in [0.2, 0.25) is 11.8 Å². The summed E-state index contributed by atoms with van der Waals surface area (Å²) in [5, 5.41) is 4.12. The van der Waals surface area contributed by atoms with Gasteiger partial charge in [-0.05, 0) is 48.7 Å². The van der Waals surface area contributed by atoms with Crippen molar-refractivity contribution in [1.82, 2.24) is 10.2 Å². The number of hydrogen-bond donors (Lipinski definition) is 1. The number of rotatable bonds is 12. The molecule has 2 amide bonds. The fourth-order valence-electron chi connectivity index (χ4n) is 3.82. The molecule has 1 N–H and O–H groups in total. The summed E-state index contributed by atoms with van der Waals surface area (Å²) in [5.74, 6) is -0.652. The highest BCUT2D eigenvalue weighted by molar-refractivity contribution is 7.99. The van der Waals surface area contributed by atoms with E-state index in [-0.39, 0.29) is 35.9 Å². The van der Waals surface area contributed by atoms with Crippen molar-refractivity contribution in [2.24, 2.45) is 0 Å². The molecule has 0 spiro atoms. The molecule has 0 aliphatic carbocycles. The van der Waals surface area contributed by atoms with Gasteiger partial charge in [0.15, 0.2) is 0 Å². The first-order valence-electron chi connectivity index (χ1n) is 12.3. The van der Waals surface area contributed by atoms with Crippen molar-refractivity contribution in [2.45, 2.75) is 51.1 Å². The fourth-order valence-corrected chi connectivity index (χ4v) is 5.39. The maximum absolute atomic E-state index is 14.3. The first-order chi connectivity index (χ1) is 18.2. The Kier molecular flexibility index (Phi) is 11.8. The summed E-state index contributed by atoms with van der Waals surface area (Å²) in [6.45, 7) is 4.07. The second-order valence-corrected chi connectivity index (χ2v) is 11.2. The third kappa shape index (κ3) is 8.63. The van der Waals surface area contributed by atoms with Crippen molar-refractivity contribution >= 4 is 58.4 Å². The van der Waals surface area contributed by atoms with Crippen molar-refractivity contribution in [3.8, 4) is 0 Å². The third-order valence-electron chi connectivity index (χ3n) is 6.14. The lowest BCUT2D eigenvalue weighted by atomic mass is 10.0. The number of carbonyl (C=O) groups is 2. The highest BCUT2D eigenvalue weighted by atomic mass is 35.5. The van der Waals surface area contributed by atoms with Crippen LogP contribution >= 0.6 is 46.6 Å². The molecule has 3 aromatic carbocycles. The average molecular weight is 596 g/mol. The normalized spacial score (nSPS) is 12.6. The van der Waals surface area contributed by atoms with E-state index in [1.807, 2.05) is 44.2 Å². The largest absolute Gasteiger partial charge is 0.352 e. The lowest BCUT2D eigenvalue weighted by Gasteiger charge is -2.32. The maximum Gasteiger partial charge on any atom is 0.243 e. The number of hydrogen-bond acceptors (Lipinski definition) is 3. The molecule has 2 atom stereocenters. The van der Waals surface area contributed by atoms with Crippen molar-refractivity contribution in [1.29, 1.82) is 0 Å². The molecule has 0 bridgehead atoms. The van der Waals surface area contributed by atoms with Crippen LogP contribution in [0.25, 0.3) is 0 Å². The van der Waals surface area contributed by atoms with Gasteiger partial charge < -0.3 is 10.2 Å². The van der Waals surface area contributed by atoms with Gasteiger partial charge in [0.1, 0.15) is 11.9 Å². The molecule has 0 unspecified atom stereocenters. The monoisotopic (exact) mass is 594 g/mol. The molecule has 3 rings (SSSR count). The lowest BCUT2D eigenvalue weighted by molar-refractivity contribution is -0.139. The minimum absolute atomic E-state index is 0.0356. The van der Waals surface area contributed by atoms with E-state index in [9.17, 15) is 14.0 Å². The first-order valence-corrected chi connectivity index (χ1v) is 14.6. The van der Waals surface area contributed by atoms with E-state index in [4.69, 9.17) is 34.8 Å². The molecule has 0 aromatic heterocycles. The Morgan fingerprint density at radius 2 is 1.68 bits per heavy atom. The van der Waals surface area contributed by atoms with Gasteiger partial charge in [-0.3, -0.25) is 9.59 Å². The van der Waals surface area contributed by atoms with Crippen molar-refractivity contribution in [3.05, 3.63) is 104 Å².